The molecule has 0 spiro atoms. The molecule has 2 aromatic heterocycles. The van der Waals surface area contributed by atoms with Gasteiger partial charge in [0.2, 0.25) is 0 Å². The first-order chi connectivity index (χ1) is 13.2. The van der Waals surface area contributed by atoms with Gasteiger partial charge in [-0.2, -0.15) is 0 Å². The van der Waals surface area contributed by atoms with E-state index in [0.717, 1.165) is 16.9 Å². The molecule has 1 N–H and O–H groups in total. The molecule has 0 radical (unpaired) electrons. The van der Waals surface area contributed by atoms with Crippen LogP contribution in [0, 0.1) is 0 Å². The number of hydrogen-bond donors (Lipinski definition) is 1. The zero-order chi connectivity index (χ0) is 18.6. The Morgan fingerprint density at radius 2 is 1.63 bits per heavy atom. The summed E-state index contributed by atoms with van der Waals surface area (Å²) in [5.41, 5.74) is 2.43. The Morgan fingerprint density at radius 1 is 0.963 bits per heavy atom. The van der Waals surface area contributed by atoms with Crippen LogP contribution in [0.5, 0.6) is 5.75 Å². The van der Waals surface area contributed by atoms with E-state index >= 15 is 0 Å². The van der Waals surface area contributed by atoms with Crippen molar-refractivity contribution in [2.75, 3.05) is 5.32 Å². The number of amides is 1. The minimum Gasteiger partial charge on any atom is -0.481 e. The fourth-order valence-corrected chi connectivity index (χ4v) is 2.89. The van der Waals surface area contributed by atoms with Gasteiger partial charge in [0.1, 0.15) is 22.9 Å². The van der Waals surface area contributed by atoms with Gasteiger partial charge in [0.05, 0.1) is 0 Å². The molecule has 0 bridgehead atoms. The van der Waals surface area contributed by atoms with Gasteiger partial charge in [-0.1, -0.05) is 54.6 Å². The van der Waals surface area contributed by atoms with Crippen LogP contribution in [0.25, 0.3) is 16.9 Å². The van der Waals surface area contributed by atoms with Crippen LogP contribution in [0.2, 0.25) is 0 Å². The van der Waals surface area contributed by atoms with E-state index in [9.17, 15) is 4.79 Å². The van der Waals surface area contributed by atoms with Crippen LogP contribution < -0.4 is 10.1 Å². The van der Waals surface area contributed by atoms with Gasteiger partial charge < -0.3 is 10.1 Å². The molecule has 0 aliphatic heterocycles. The van der Waals surface area contributed by atoms with Crippen LogP contribution in [0.1, 0.15) is 6.92 Å². The number of carbonyl (C=O) groups is 1. The van der Waals surface area contributed by atoms with E-state index in [1.165, 1.54) is 0 Å². The molecular weight excluding hydrogens is 338 g/mol. The number of rotatable bonds is 5. The minimum atomic E-state index is -0.648. The lowest BCUT2D eigenvalue weighted by Gasteiger charge is -2.15. The minimum absolute atomic E-state index is 0.235. The van der Waals surface area contributed by atoms with Crippen LogP contribution in [-0.4, -0.2) is 21.4 Å². The number of benzene rings is 2. The smallest absolute Gasteiger partial charge is 0.266 e. The first-order valence-electron chi connectivity index (χ1n) is 8.77. The third kappa shape index (κ3) is 3.53. The summed E-state index contributed by atoms with van der Waals surface area (Å²) in [5, 5.41) is 2.99. The Kier molecular flexibility index (Phi) is 4.58. The van der Waals surface area contributed by atoms with Crippen LogP contribution in [0.3, 0.4) is 0 Å². The number of para-hydroxylation sites is 1. The fraction of sp³-hybridized carbons (Fsp3) is 0.0909. The maximum Gasteiger partial charge on any atom is 0.266 e. The van der Waals surface area contributed by atoms with Gasteiger partial charge in [-0.25, -0.2) is 4.98 Å². The Morgan fingerprint density at radius 3 is 2.37 bits per heavy atom. The number of carbonyl (C=O) groups excluding carboxylic acids is 1. The Hall–Kier alpha value is -3.60. The molecule has 1 atom stereocenters. The lowest BCUT2D eigenvalue weighted by Crippen LogP contribution is -2.30. The molecule has 4 rings (SSSR count). The molecule has 4 aromatic rings. The maximum atomic E-state index is 12.8. The number of nitrogens with one attached hydrogen (secondary N) is 1. The Bertz CT molecular complexity index is 1060. The van der Waals surface area contributed by atoms with Gasteiger partial charge in [0.15, 0.2) is 6.10 Å². The van der Waals surface area contributed by atoms with E-state index in [0.29, 0.717) is 11.6 Å². The molecule has 134 valence electrons. The van der Waals surface area contributed by atoms with Gasteiger partial charge in [-0.15, -0.1) is 0 Å². The lowest BCUT2D eigenvalue weighted by molar-refractivity contribution is -0.122. The third-order valence-electron chi connectivity index (χ3n) is 4.24. The second-order valence-electron chi connectivity index (χ2n) is 6.17. The highest BCUT2D eigenvalue weighted by Gasteiger charge is 2.20. The van der Waals surface area contributed by atoms with E-state index < -0.39 is 6.10 Å². The summed E-state index contributed by atoms with van der Waals surface area (Å²) < 4.78 is 7.61. The molecule has 5 nitrogen and oxygen atoms in total. The summed E-state index contributed by atoms with van der Waals surface area (Å²) >= 11 is 0. The number of imidazole rings is 1. The summed E-state index contributed by atoms with van der Waals surface area (Å²) in [6.07, 6.45) is 1.23. The normalized spacial score (nSPS) is 11.9. The van der Waals surface area contributed by atoms with Crippen LogP contribution in [0.4, 0.5) is 5.82 Å². The lowest BCUT2D eigenvalue weighted by atomic mass is 10.1. The highest BCUT2D eigenvalue weighted by Crippen LogP contribution is 2.28. The van der Waals surface area contributed by atoms with Gasteiger partial charge in [0.25, 0.3) is 5.91 Å². The van der Waals surface area contributed by atoms with Crippen molar-refractivity contribution in [3.63, 3.8) is 0 Å². The summed E-state index contributed by atoms with van der Waals surface area (Å²) in [5.74, 6) is 1.05. The largest absolute Gasteiger partial charge is 0.481 e. The van der Waals surface area contributed by atoms with Gasteiger partial charge in [0, 0.05) is 11.8 Å². The number of ether oxygens (including phenoxy) is 1. The van der Waals surface area contributed by atoms with Crippen molar-refractivity contribution in [3.05, 3.63) is 85.1 Å². The Balaban J connectivity index is 1.65. The highest BCUT2D eigenvalue weighted by molar-refractivity contribution is 5.97. The van der Waals surface area contributed by atoms with E-state index in [1.54, 1.807) is 6.92 Å². The van der Waals surface area contributed by atoms with Crippen molar-refractivity contribution in [2.24, 2.45) is 0 Å². The number of hydrogen-bond acceptors (Lipinski definition) is 3. The number of anilines is 1. The summed E-state index contributed by atoms with van der Waals surface area (Å²) in [7, 11) is 0. The first kappa shape index (κ1) is 16.8. The van der Waals surface area contributed by atoms with Crippen molar-refractivity contribution in [2.45, 2.75) is 13.0 Å². The second-order valence-corrected chi connectivity index (χ2v) is 6.17. The summed E-state index contributed by atoms with van der Waals surface area (Å²) in [4.78, 5) is 17.5. The van der Waals surface area contributed by atoms with Gasteiger partial charge in [-0.05, 0) is 31.2 Å². The second kappa shape index (κ2) is 7.33. The molecule has 1 amide bonds. The summed E-state index contributed by atoms with van der Waals surface area (Å²) in [6, 6.07) is 24.8. The fourth-order valence-electron chi connectivity index (χ4n) is 2.89. The molecule has 2 aromatic carbocycles. The van der Waals surface area contributed by atoms with Crippen molar-refractivity contribution >= 4 is 17.4 Å². The van der Waals surface area contributed by atoms with Crippen molar-refractivity contribution in [3.8, 4) is 17.0 Å². The number of aromatic nitrogens is 2. The molecule has 0 saturated carbocycles. The number of nitrogens with zero attached hydrogens (tertiary/aromatic N) is 2. The predicted octanol–water partition coefficient (Wildman–Crippen LogP) is 4.41. The predicted molar refractivity (Wildman–Crippen MR) is 106 cm³/mol. The average Bonchev–Trinajstić information content (AvgIpc) is 3.08. The zero-order valence-electron chi connectivity index (χ0n) is 14.9. The molecule has 0 saturated heterocycles. The number of fused-ring (bicyclic) bond motifs is 1. The van der Waals surface area contributed by atoms with E-state index in [4.69, 9.17) is 4.74 Å². The molecule has 0 fully saturated rings. The van der Waals surface area contributed by atoms with Crippen LogP contribution >= 0.6 is 0 Å². The molecule has 27 heavy (non-hydrogen) atoms. The SMILES string of the molecule is CC(Oc1ccccc1)C(=O)Nc1c(-c2ccccc2)nc2ccccn12. The van der Waals surface area contributed by atoms with Crippen LogP contribution in [0.15, 0.2) is 85.1 Å². The van der Waals surface area contributed by atoms with Crippen molar-refractivity contribution < 1.29 is 9.53 Å². The third-order valence-corrected chi connectivity index (χ3v) is 4.24. The van der Waals surface area contributed by atoms with Crippen molar-refractivity contribution in [1.29, 1.82) is 0 Å². The van der Waals surface area contributed by atoms with E-state index in [-0.39, 0.29) is 5.91 Å². The quantitative estimate of drug-likeness (QED) is 0.576. The van der Waals surface area contributed by atoms with Crippen LogP contribution in [-0.2, 0) is 4.79 Å². The Labute approximate surface area is 157 Å². The molecular formula is C22H19N3O2. The van der Waals surface area contributed by atoms with Crippen molar-refractivity contribution in [1.82, 2.24) is 9.38 Å². The molecule has 2 heterocycles. The van der Waals surface area contributed by atoms with E-state index in [1.807, 2.05) is 89.5 Å². The topological polar surface area (TPSA) is 55.6 Å². The van der Waals surface area contributed by atoms with Gasteiger partial charge >= 0.3 is 0 Å². The highest BCUT2D eigenvalue weighted by atomic mass is 16.5. The average molecular weight is 357 g/mol. The van der Waals surface area contributed by atoms with E-state index in [2.05, 4.69) is 10.3 Å². The van der Waals surface area contributed by atoms with Gasteiger partial charge in [-0.3, -0.25) is 9.20 Å². The molecule has 0 aliphatic carbocycles. The first-order valence-corrected chi connectivity index (χ1v) is 8.77. The number of pyridine rings is 1. The monoisotopic (exact) mass is 357 g/mol. The summed E-state index contributed by atoms with van der Waals surface area (Å²) in [6.45, 7) is 1.73. The molecule has 5 heteroatoms. The molecule has 0 aliphatic rings. The standard InChI is InChI=1S/C22H19N3O2/c1-16(27-18-12-6-3-7-13-18)22(26)24-21-20(17-10-4-2-5-11-17)23-19-14-8-9-15-25(19)21/h2-16H,1H3,(H,24,26). The maximum absolute atomic E-state index is 12.8. The molecule has 1 unspecified atom stereocenters. The zero-order valence-corrected chi connectivity index (χ0v) is 14.9.